The van der Waals surface area contributed by atoms with Crippen molar-refractivity contribution in [1.29, 1.82) is 0 Å². The Labute approximate surface area is 105 Å². The van der Waals surface area contributed by atoms with Gasteiger partial charge in [-0.3, -0.25) is 0 Å². The lowest BCUT2D eigenvalue weighted by Gasteiger charge is -2.42. The standard InChI is InChI=1S/C13H15ClO3/c14-9-2-3-12-10(6-9)11(15)7-13(17-12)4-1-5-16-8-13/h2-3,6,11,15H,1,4-5,7-8H2/t11-,13?/m1/s1. The topological polar surface area (TPSA) is 38.7 Å². The van der Waals surface area contributed by atoms with E-state index < -0.39 is 6.10 Å². The van der Waals surface area contributed by atoms with Crippen LogP contribution in [0.3, 0.4) is 0 Å². The summed E-state index contributed by atoms with van der Waals surface area (Å²) < 4.78 is 11.5. The van der Waals surface area contributed by atoms with Crippen LogP contribution in [0.4, 0.5) is 0 Å². The van der Waals surface area contributed by atoms with Crippen molar-refractivity contribution in [2.45, 2.75) is 31.0 Å². The molecule has 1 saturated heterocycles. The zero-order valence-corrected chi connectivity index (χ0v) is 10.2. The first-order valence-electron chi connectivity index (χ1n) is 5.93. The molecule has 1 spiro atoms. The molecule has 1 fully saturated rings. The molecular formula is C13H15ClO3. The summed E-state index contributed by atoms with van der Waals surface area (Å²) in [6.45, 7) is 1.35. The molecule has 17 heavy (non-hydrogen) atoms. The van der Waals surface area contributed by atoms with Crippen molar-refractivity contribution in [1.82, 2.24) is 0 Å². The Morgan fingerprint density at radius 3 is 3.06 bits per heavy atom. The van der Waals surface area contributed by atoms with Crippen molar-refractivity contribution < 1.29 is 14.6 Å². The minimum absolute atomic E-state index is 0.349. The predicted octanol–water partition coefficient (Wildman–Crippen LogP) is 2.71. The molecule has 2 aliphatic rings. The molecule has 0 bridgehead atoms. The fourth-order valence-corrected chi connectivity index (χ4v) is 2.86. The van der Waals surface area contributed by atoms with Gasteiger partial charge in [0.1, 0.15) is 11.4 Å². The van der Waals surface area contributed by atoms with Crippen molar-refractivity contribution in [3.63, 3.8) is 0 Å². The number of rotatable bonds is 0. The maximum Gasteiger partial charge on any atom is 0.135 e. The van der Waals surface area contributed by atoms with Crippen molar-refractivity contribution in [3.8, 4) is 5.75 Å². The van der Waals surface area contributed by atoms with Crippen LogP contribution in [0.1, 0.15) is 30.9 Å². The Hall–Kier alpha value is -0.770. The number of fused-ring (bicyclic) bond motifs is 1. The lowest BCUT2D eigenvalue weighted by Crippen LogP contribution is -2.47. The molecule has 1 N–H and O–H groups in total. The van der Waals surface area contributed by atoms with Gasteiger partial charge in [-0.15, -0.1) is 0 Å². The average molecular weight is 255 g/mol. The van der Waals surface area contributed by atoms with Crippen LogP contribution >= 0.6 is 11.6 Å². The summed E-state index contributed by atoms with van der Waals surface area (Å²) in [4.78, 5) is 0. The molecule has 4 heteroatoms. The van der Waals surface area contributed by atoms with Crippen molar-refractivity contribution in [2.75, 3.05) is 13.2 Å². The summed E-state index contributed by atoms with van der Waals surface area (Å²) in [5.74, 6) is 0.735. The molecule has 0 saturated carbocycles. The smallest absolute Gasteiger partial charge is 0.135 e. The number of hydrogen-bond acceptors (Lipinski definition) is 3. The molecule has 1 aromatic carbocycles. The van der Waals surface area contributed by atoms with Crippen molar-refractivity contribution in [3.05, 3.63) is 28.8 Å². The van der Waals surface area contributed by atoms with Crippen LogP contribution in [0.5, 0.6) is 5.75 Å². The van der Waals surface area contributed by atoms with E-state index in [4.69, 9.17) is 21.1 Å². The molecule has 3 nitrogen and oxygen atoms in total. The van der Waals surface area contributed by atoms with Gasteiger partial charge in [0, 0.05) is 23.6 Å². The Bertz CT molecular complexity index is 427. The Kier molecular flexibility index (Phi) is 2.77. The second-order valence-corrected chi connectivity index (χ2v) is 5.28. The zero-order valence-electron chi connectivity index (χ0n) is 9.49. The number of hydrogen-bond donors (Lipinski definition) is 1. The Balaban J connectivity index is 1.94. The minimum atomic E-state index is -0.515. The predicted molar refractivity (Wildman–Crippen MR) is 64.4 cm³/mol. The van der Waals surface area contributed by atoms with Crippen LogP contribution in [0.15, 0.2) is 18.2 Å². The lowest BCUT2D eigenvalue weighted by molar-refractivity contribution is -0.103. The summed E-state index contributed by atoms with van der Waals surface area (Å²) >= 11 is 5.93. The van der Waals surface area contributed by atoms with E-state index in [1.807, 2.05) is 6.07 Å². The van der Waals surface area contributed by atoms with E-state index in [-0.39, 0.29) is 5.60 Å². The molecule has 1 aromatic rings. The molecule has 0 aliphatic carbocycles. The average Bonchev–Trinajstić information content (AvgIpc) is 2.31. The van der Waals surface area contributed by atoms with E-state index in [1.165, 1.54) is 0 Å². The van der Waals surface area contributed by atoms with E-state index in [2.05, 4.69) is 0 Å². The third-order valence-corrected chi connectivity index (χ3v) is 3.74. The number of aliphatic hydroxyl groups is 1. The fraction of sp³-hybridized carbons (Fsp3) is 0.538. The van der Waals surface area contributed by atoms with Crippen molar-refractivity contribution >= 4 is 11.6 Å². The third kappa shape index (κ3) is 2.03. The summed E-state index contributed by atoms with van der Waals surface area (Å²) in [5.41, 5.74) is 0.437. The van der Waals surface area contributed by atoms with E-state index >= 15 is 0 Å². The molecule has 0 radical (unpaired) electrons. The highest BCUT2D eigenvalue weighted by atomic mass is 35.5. The third-order valence-electron chi connectivity index (χ3n) is 3.51. The largest absolute Gasteiger partial charge is 0.484 e. The van der Waals surface area contributed by atoms with Crippen LogP contribution in [0.2, 0.25) is 5.02 Å². The van der Waals surface area contributed by atoms with Crippen LogP contribution in [-0.2, 0) is 4.74 Å². The quantitative estimate of drug-likeness (QED) is 0.774. The molecule has 0 amide bonds. The van der Waals surface area contributed by atoms with Gasteiger partial charge in [-0.1, -0.05) is 11.6 Å². The first kappa shape index (κ1) is 11.3. The lowest BCUT2D eigenvalue weighted by atomic mass is 9.85. The molecule has 92 valence electrons. The van der Waals surface area contributed by atoms with Gasteiger partial charge in [-0.25, -0.2) is 0 Å². The normalized spacial score (nSPS) is 32.0. The molecule has 2 aliphatic heterocycles. The minimum Gasteiger partial charge on any atom is -0.484 e. The maximum absolute atomic E-state index is 10.2. The molecular weight excluding hydrogens is 240 g/mol. The van der Waals surface area contributed by atoms with Gasteiger partial charge >= 0.3 is 0 Å². The van der Waals surface area contributed by atoms with E-state index in [1.54, 1.807) is 12.1 Å². The van der Waals surface area contributed by atoms with Gasteiger partial charge in [0.25, 0.3) is 0 Å². The second kappa shape index (κ2) is 4.16. The van der Waals surface area contributed by atoms with Gasteiger partial charge in [0.15, 0.2) is 0 Å². The van der Waals surface area contributed by atoms with Crippen LogP contribution in [-0.4, -0.2) is 23.9 Å². The molecule has 2 heterocycles. The first-order valence-corrected chi connectivity index (χ1v) is 6.31. The maximum atomic E-state index is 10.2. The summed E-state index contributed by atoms with van der Waals surface area (Å²) in [5, 5.41) is 10.8. The van der Waals surface area contributed by atoms with E-state index in [0.29, 0.717) is 18.1 Å². The number of aliphatic hydroxyl groups excluding tert-OH is 1. The van der Waals surface area contributed by atoms with Gasteiger partial charge in [-0.05, 0) is 31.0 Å². The molecule has 0 aromatic heterocycles. The summed E-state index contributed by atoms with van der Waals surface area (Å²) in [6.07, 6.45) is 1.99. The highest BCUT2D eigenvalue weighted by Crippen LogP contribution is 2.43. The van der Waals surface area contributed by atoms with Crippen molar-refractivity contribution in [2.24, 2.45) is 0 Å². The number of ether oxygens (including phenoxy) is 2. The highest BCUT2D eigenvalue weighted by molar-refractivity contribution is 6.30. The Morgan fingerprint density at radius 1 is 1.41 bits per heavy atom. The van der Waals surface area contributed by atoms with Gasteiger partial charge in [0.2, 0.25) is 0 Å². The van der Waals surface area contributed by atoms with Gasteiger partial charge in [0.05, 0.1) is 12.7 Å². The second-order valence-electron chi connectivity index (χ2n) is 4.84. The van der Waals surface area contributed by atoms with E-state index in [9.17, 15) is 5.11 Å². The van der Waals surface area contributed by atoms with E-state index in [0.717, 1.165) is 30.8 Å². The molecule has 3 rings (SSSR count). The molecule has 1 unspecified atom stereocenters. The van der Waals surface area contributed by atoms with Crippen LogP contribution in [0, 0.1) is 0 Å². The summed E-state index contributed by atoms with van der Waals surface area (Å²) in [6, 6.07) is 5.39. The fourth-order valence-electron chi connectivity index (χ4n) is 2.68. The monoisotopic (exact) mass is 254 g/mol. The highest BCUT2D eigenvalue weighted by Gasteiger charge is 2.42. The first-order chi connectivity index (χ1) is 8.19. The number of benzene rings is 1. The Morgan fingerprint density at radius 2 is 2.29 bits per heavy atom. The van der Waals surface area contributed by atoms with Gasteiger partial charge < -0.3 is 14.6 Å². The summed E-state index contributed by atoms with van der Waals surface area (Å²) in [7, 11) is 0. The molecule has 2 atom stereocenters. The number of halogens is 1. The van der Waals surface area contributed by atoms with Crippen LogP contribution in [0.25, 0.3) is 0 Å². The zero-order chi connectivity index (χ0) is 11.9. The van der Waals surface area contributed by atoms with Gasteiger partial charge in [-0.2, -0.15) is 0 Å². The van der Waals surface area contributed by atoms with Crippen LogP contribution < -0.4 is 4.74 Å². The SMILES string of the molecule is O[C@@H]1CC2(CCCOC2)Oc2ccc(Cl)cc21.